The van der Waals surface area contributed by atoms with Gasteiger partial charge < -0.3 is 14.8 Å². The Balaban J connectivity index is 1.36. The lowest BCUT2D eigenvalue weighted by molar-refractivity contribution is -0.137. The number of halogens is 3. The molecule has 7 heteroatoms. The summed E-state index contributed by atoms with van der Waals surface area (Å²) in [6, 6.07) is 28.2. The summed E-state index contributed by atoms with van der Waals surface area (Å²) in [7, 11) is 0. The number of carbonyl (C=O) groups is 1. The van der Waals surface area contributed by atoms with E-state index in [4.69, 9.17) is 9.47 Å². The van der Waals surface area contributed by atoms with Crippen LogP contribution in [-0.2, 0) is 19.4 Å². The predicted octanol–water partition coefficient (Wildman–Crippen LogP) is 7.12. The van der Waals surface area contributed by atoms with Crippen LogP contribution in [0.2, 0.25) is 0 Å². The van der Waals surface area contributed by atoms with Crippen LogP contribution in [0.4, 0.5) is 18.9 Å². The van der Waals surface area contributed by atoms with E-state index in [-0.39, 0.29) is 12.5 Å². The highest BCUT2D eigenvalue weighted by molar-refractivity contribution is 6.05. The number of para-hydroxylation sites is 2. The molecule has 4 aromatic rings. The quantitative estimate of drug-likeness (QED) is 0.294. The van der Waals surface area contributed by atoms with Crippen molar-refractivity contribution < 1.29 is 27.4 Å². The molecule has 0 heterocycles. The Bertz CT molecular complexity index is 1270. The first-order valence-corrected chi connectivity index (χ1v) is 10.8. The zero-order valence-electron chi connectivity index (χ0n) is 18.6. The topological polar surface area (TPSA) is 47.6 Å². The van der Waals surface area contributed by atoms with Crippen molar-refractivity contribution in [2.75, 3.05) is 5.32 Å². The van der Waals surface area contributed by atoms with E-state index in [1.165, 1.54) is 6.07 Å². The van der Waals surface area contributed by atoms with E-state index < -0.39 is 11.7 Å². The van der Waals surface area contributed by atoms with E-state index in [9.17, 15) is 18.0 Å². The van der Waals surface area contributed by atoms with E-state index in [0.29, 0.717) is 34.9 Å². The first-order chi connectivity index (χ1) is 16.9. The fourth-order valence-electron chi connectivity index (χ4n) is 3.33. The average Bonchev–Trinajstić information content (AvgIpc) is 2.87. The zero-order chi connectivity index (χ0) is 24.7. The summed E-state index contributed by atoms with van der Waals surface area (Å²) in [5.41, 5.74) is 1.62. The fourth-order valence-corrected chi connectivity index (χ4v) is 3.33. The summed E-state index contributed by atoms with van der Waals surface area (Å²) < 4.78 is 50.1. The molecule has 178 valence electrons. The molecule has 1 N–H and O–H groups in total. The van der Waals surface area contributed by atoms with Gasteiger partial charge in [0.2, 0.25) is 0 Å². The van der Waals surface area contributed by atoms with Gasteiger partial charge in [-0.05, 0) is 59.7 Å². The molecule has 35 heavy (non-hydrogen) atoms. The lowest BCUT2D eigenvalue weighted by Gasteiger charge is -2.13. The van der Waals surface area contributed by atoms with Crippen LogP contribution in [0.15, 0.2) is 103 Å². The minimum absolute atomic E-state index is 0.0262. The van der Waals surface area contributed by atoms with Gasteiger partial charge in [-0.25, -0.2) is 0 Å². The van der Waals surface area contributed by atoms with E-state index in [1.54, 1.807) is 48.5 Å². The minimum atomic E-state index is -4.41. The second kappa shape index (κ2) is 10.8. The number of amides is 1. The van der Waals surface area contributed by atoms with Crippen LogP contribution in [-0.4, -0.2) is 5.91 Å². The third-order valence-corrected chi connectivity index (χ3v) is 5.15. The first kappa shape index (κ1) is 23.9. The van der Waals surface area contributed by atoms with E-state index >= 15 is 0 Å². The van der Waals surface area contributed by atoms with Crippen molar-refractivity contribution in [3.8, 4) is 11.5 Å². The molecule has 4 nitrogen and oxygen atoms in total. The molecule has 0 saturated carbocycles. The largest absolute Gasteiger partial charge is 0.489 e. The Hall–Kier alpha value is -4.26. The summed E-state index contributed by atoms with van der Waals surface area (Å²) in [6.45, 7) is 0.341. The van der Waals surface area contributed by atoms with Gasteiger partial charge in [-0.15, -0.1) is 0 Å². The molecule has 0 saturated heterocycles. The maximum absolute atomic E-state index is 12.9. The molecule has 4 aromatic carbocycles. The molecule has 0 bridgehead atoms. The summed E-state index contributed by atoms with van der Waals surface area (Å²) in [5.74, 6) is 0.654. The minimum Gasteiger partial charge on any atom is -0.489 e. The Morgan fingerprint density at radius 1 is 0.714 bits per heavy atom. The Morgan fingerprint density at radius 3 is 2.11 bits per heavy atom. The number of hydrogen-bond donors (Lipinski definition) is 1. The third kappa shape index (κ3) is 6.63. The highest BCUT2D eigenvalue weighted by Crippen LogP contribution is 2.30. The number of anilines is 1. The van der Waals surface area contributed by atoms with Crippen molar-refractivity contribution >= 4 is 11.6 Å². The van der Waals surface area contributed by atoms with Crippen LogP contribution >= 0.6 is 0 Å². The maximum Gasteiger partial charge on any atom is 0.416 e. The molecule has 1 amide bonds. The predicted molar refractivity (Wildman–Crippen MR) is 127 cm³/mol. The second-order valence-corrected chi connectivity index (χ2v) is 7.74. The van der Waals surface area contributed by atoms with Crippen molar-refractivity contribution in [1.82, 2.24) is 0 Å². The van der Waals surface area contributed by atoms with Crippen molar-refractivity contribution in [1.29, 1.82) is 0 Å². The third-order valence-electron chi connectivity index (χ3n) is 5.15. The highest BCUT2D eigenvalue weighted by atomic mass is 19.4. The summed E-state index contributed by atoms with van der Waals surface area (Å²) in [6.07, 6.45) is -4.41. The number of ether oxygens (including phenoxy) is 2. The molecular formula is C28H22F3NO3. The number of hydrogen-bond acceptors (Lipinski definition) is 3. The van der Waals surface area contributed by atoms with E-state index in [1.807, 2.05) is 36.4 Å². The van der Waals surface area contributed by atoms with Crippen LogP contribution in [0.25, 0.3) is 0 Å². The van der Waals surface area contributed by atoms with Crippen LogP contribution in [0.3, 0.4) is 0 Å². The highest BCUT2D eigenvalue weighted by Gasteiger charge is 2.30. The van der Waals surface area contributed by atoms with Crippen LogP contribution < -0.4 is 14.8 Å². The molecule has 0 aliphatic carbocycles. The van der Waals surface area contributed by atoms with Gasteiger partial charge in [0, 0.05) is 5.56 Å². The van der Waals surface area contributed by atoms with E-state index in [0.717, 1.165) is 17.7 Å². The molecule has 0 atom stereocenters. The summed E-state index contributed by atoms with van der Waals surface area (Å²) in [4.78, 5) is 12.7. The lowest BCUT2D eigenvalue weighted by atomic mass is 10.1. The summed E-state index contributed by atoms with van der Waals surface area (Å²) in [5, 5.41) is 2.85. The second-order valence-electron chi connectivity index (χ2n) is 7.74. The van der Waals surface area contributed by atoms with Crippen molar-refractivity contribution in [3.63, 3.8) is 0 Å². The van der Waals surface area contributed by atoms with Crippen molar-refractivity contribution in [3.05, 3.63) is 125 Å². The number of benzene rings is 4. The lowest BCUT2D eigenvalue weighted by Crippen LogP contribution is -2.13. The Morgan fingerprint density at radius 2 is 1.37 bits per heavy atom. The summed E-state index contributed by atoms with van der Waals surface area (Å²) >= 11 is 0. The van der Waals surface area contributed by atoms with Gasteiger partial charge in [0.15, 0.2) is 0 Å². The normalized spacial score (nSPS) is 11.1. The van der Waals surface area contributed by atoms with Gasteiger partial charge >= 0.3 is 6.18 Å². The maximum atomic E-state index is 12.9. The van der Waals surface area contributed by atoms with Gasteiger partial charge in [-0.3, -0.25) is 4.79 Å². The standard InChI is InChI=1S/C28H22F3NO3/c29-28(30,31)23-10-6-9-21(17-23)19-34-24-15-13-22(14-16-24)27(33)32-25-11-4-5-12-26(25)35-18-20-7-2-1-3-8-20/h1-17H,18-19H2,(H,32,33). The monoisotopic (exact) mass is 477 g/mol. The zero-order valence-corrected chi connectivity index (χ0v) is 18.6. The molecule has 0 spiro atoms. The molecule has 0 aliphatic rings. The van der Waals surface area contributed by atoms with Gasteiger partial charge in [0.25, 0.3) is 5.91 Å². The molecule has 0 aromatic heterocycles. The first-order valence-electron chi connectivity index (χ1n) is 10.8. The average molecular weight is 477 g/mol. The van der Waals surface area contributed by atoms with Gasteiger partial charge in [0.05, 0.1) is 11.3 Å². The SMILES string of the molecule is O=C(Nc1ccccc1OCc1ccccc1)c1ccc(OCc2cccc(C(F)(F)F)c2)cc1. The van der Waals surface area contributed by atoms with Crippen molar-refractivity contribution in [2.24, 2.45) is 0 Å². The smallest absolute Gasteiger partial charge is 0.416 e. The number of carbonyl (C=O) groups excluding carboxylic acids is 1. The van der Waals surface area contributed by atoms with E-state index in [2.05, 4.69) is 5.32 Å². The number of alkyl halides is 3. The molecule has 0 unspecified atom stereocenters. The van der Waals surface area contributed by atoms with Gasteiger partial charge in [-0.2, -0.15) is 13.2 Å². The molecule has 0 aliphatic heterocycles. The number of nitrogens with one attached hydrogen (secondary N) is 1. The molecular weight excluding hydrogens is 455 g/mol. The molecule has 0 fully saturated rings. The van der Waals surface area contributed by atoms with Crippen LogP contribution in [0.1, 0.15) is 27.0 Å². The van der Waals surface area contributed by atoms with Crippen LogP contribution in [0, 0.1) is 0 Å². The Labute approximate surface area is 200 Å². The molecule has 0 radical (unpaired) electrons. The molecule has 4 rings (SSSR count). The van der Waals surface area contributed by atoms with Gasteiger partial charge in [-0.1, -0.05) is 54.6 Å². The Kier molecular flexibility index (Phi) is 7.35. The number of rotatable bonds is 8. The fraction of sp³-hybridized carbons (Fsp3) is 0.107. The van der Waals surface area contributed by atoms with Crippen LogP contribution in [0.5, 0.6) is 11.5 Å². The van der Waals surface area contributed by atoms with Crippen molar-refractivity contribution in [2.45, 2.75) is 19.4 Å². The van der Waals surface area contributed by atoms with Gasteiger partial charge in [0.1, 0.15) is 24.7 Å².